The summed E-state index contributed by atoms with van der Waals surface area (Å²) in [6, 6.07) is 4.62. The molecule has 0 unspecified atom stereocenters. The van der Waals surface area contributed by atoms with Gasteiger partial charge < -0.3 is 4.90 Å². The van der Waals surface area contributed by atoms with Crippen LogP contribution in [0.1, 0.15) is 55.5 Å². The summed E-state index contributed by atoms with van der Waals surface area (Å²) >= 11 is 0. The molecule has 0 fully saturated rings. The van der Waals surface area contributed by atoms with E-state index in [1.165, 1.54) is 12.1 Å². The lowest BCUT2D eigenvalue weighted by Crippen LogP contribution is -2.32. The van der Waals surface area contributed by atoms with Crippen molar-refractivity contribution in [3.05, 3.63) is 35.4 Å². The summed E-state index contributed by atoms with van der Waals surface area (Å²) in [5.74, 6) is -0.333. The molecule has 0 radical (unpaired) electrons. The number of hydrogen-bond acceptors (Lipinski definition) is 1. The summed E-state index contributed by atoms with van der Waals surface area (Å²) in [7, 11) is 0. The summed E-state index contributed by atoms with van der Waals surface area (Å²) < 4.78 is 38.0. The highest BCUT2D eigenvalue weighted by molar-refractivity contribution is 5.94. The standard InChI is InChI=1S/C16H22F3NO/c1-3-5-6-7-11-20(4-2)15(21)13-9-8-10-14(12-13)16(17,18)19/h8-10,12H,3-7,11H2,1-2H3. The summed E-state index contributed by atoms with van der Waals surface area (Å²) in [5.41, 5.74) is -0.683. The third kappa shape index (κ3) is 5.40. The molecule has 1 aromatic rings. The molecule has 0 aliphatic rings. The van der Waals surface area contributed by atoms with Gasteiger partial charge in [0.1, 0.15) is 0 Å². The molecule has 0 bridgehead atoms. The van der Waals surface area contributed by atoms with Gasteiger partial charge in [0.2, 0.25) is 0 Å². The van der Waals surface area contributed by atoms with Crippen LogP contribution in [0.15, 0.2) is 24.3 Å². The smallest absolute Gasteiger partial charge is 0.339 e. The van der Waals surface area contributed by atoms with Gasteiger partial charge in [0, 0.05) is 18.7 Å². The van der Waals surface area contributed by atoms with Gasteiger partial charge in [-0.1, -0.05) is 32.3 Å². The molecule has 0 atom stereocenters. The van der Waals surface area contributed by atoms with Crippen molar-refractivity contribution in [1.82, 2.24) is 4.90 Å². The highest BCUT2D eigenvalue weighted by Crippen LogP contribution is 2.29. The van der Waals surface area contributed by atoms with Gasteiger partial charge in [0.25, 0.3) is 5.91 Å². The first-order valence-electron chi connectivity index (χ1n) is 7.36. The largest absolute Gasteiger partial charge is 0.416 e. The topological polar surface area (TPSA) is 20.3 Å². The van der Waals surface area contributed by atoms with Gasteiger partial charge in [-0.15, -0.1) is 0 Å². The number of unbranched alkanes of at least 4 members (excludes halogenated alkanes) is 3. The lowest BCUT2D eigenvalue weighted by Gasteiger charge is -2.21. The Balaban J connectivity index is 2.76. The Morgan fingerprint density at radius 2 is 1.86 bits per heavy atom. The quantitative estimate of drug-likeness (QED) is 0.666. The first kappa shape index (κ1) is 17.5. The normalized spacial score (nSPS) is 11.5. The van der Waals surface area contributed by atoms with E-state index in [0.717, 1.165) is 37.8 Å². The fraction of sp³-hybridized carbons (Fsp3) is 0.562. The second-order valence-corrected chi connectivity index (χ2v) is 5.02. The predicted molar refractivity (Wildman–Crippen MR) is 77.2 cm³/mol. The molecule has 2 nitrogen and oxygen atoms in total. The molecule has 0 aliphatic carbocycles. The van der Waals surface area contributed by atoms with Crippen LogP contribution in [-0.2, 0) is 6.18 Å². The first-order valence-corrected chi connectivity index (χ1v) is 7.36. The molecule has 0 spiro atoms. The van der Waals surface area contributed by atoms with E-state index >= 15 is 0 Å². The number of halogens is 3. The summed E-state index contributed by atoms with van der Waals surface area (Å²) in [5, 5.41) is 0. The Labute approximate surface area is 123 Å². The van der Waals surface area contributed by atoms with Gasteiger partial charge >= 0.3 is 6.18 Å². The average Bonchev–Trinajstić information content (AvgIpc) is 2.46. The summed E-state index contributed by atoms with van der Waals surface area (Å²) in [6.45, 7) is 5.03. The minimum Gasteiger partial charge on any atom is -0.339 e. The number of hydrogen-bond donors (Lipinski definition) is 0. The molecule has 1 aromatic carbocycles. The Bertz CT molecular complexity index is 457. The van der Waals surface area contributed by atoms with Crippen LogP contribution in [0.4, 0.5) is 13.2 Å². The maximum absolute atomic E-state index is 12.7. The van der Waals surface area contributed by atoms with E-state index < -0.39 is 11.7 Å². The van der Waals surface area contributed by atoms with Crippen LogP contribution in [0.3, 0.4) is 0 Å². The molecule has 0 saturated heterocycles. The zero-order valence-electron chi connectivity index (χ0n) is 12.5. The van der Waals surface area contributed by atoms with Crippen LogP contribution in [0.2, 0.25) is 0 Å². The third-order valence-corrected chi connectivity index (χ3v) is 3.39. The van der Waals surface area contributed by atoms with Gasteiger partial charge in [0.15, 0.2) is 0 Å². The molecule has 1 amide bonds. The van der Waals surface area contributed by atoms with E-state index in [1.54, 1.807) is 4.90 Å². The number of benzene rings is 1. The summed E-state index contributed by atoms with van der Waals surface area (Å²) in [4.78, 5) is 13.9. The van der Waals surface area contributed by atoms with Crippen molar-refractivity contribution in [2.24, 2.45) is 0 Å². The second-order valence-electron chi connectivity index (χ2n) is 5.02. The van der Waals surface area contributed by atoms with Crippen molar-refractivity contribution in [2.75, 3.05) is 13.1 Å². The van der Waals surface area contributed by atoms with E-state index in [2.05, 4.69) is 6.92 Å². The van der Waals surface area contributed by atoms with E-state index in [-0.39, 0.29) is 11.5 Å². The number of carbonyl (C=O) groups excluding carboxylic acids is 1. The van der Waals surface area contributed by atoms with E-state index in [9.17, 15) is 18.0 Å². The van der Waals surface area contributed by atoms with Crippen molar-refractivity contribution in [3.8, 4) is 0 Å². The average molecular weight is 301 g/mol. The number of rotatable bonds is 7. The van der Waals surface area contributed by atoms with Gasteiger partial charge in [0.05, 0.1) is 5.56 Å². The molecule has 1 rings (SSSR count). The van der Waals surface area contributed by atoms with Crippen LogP contribution in [-0.4, -0.2) is 23.9 Å². The van der Waals surface area contributed by atoms with Crippen molar-refractivity contribution in [2.45, 2.75) is 45.7 Å². The number of carbonyl (C=O) groups is 1. The molecule has 118 valence electrons. The molecule has 0 saturated carbocycles. The third-order valence-electron chi connectivity index (χ3n) is 3.39. The van der Waals surface area contributed by atoms with Crippen LogP contribution < -0.4 is 0 Å². The lowest BCUT2D eigenvalue weighted by molar-refractivity contribution is -0.137. The van der Waals surface area contributed by atoms with Crippen molar-refractivity contribution in [3.63, 3.8) is 0 Å². The van der Waals surface area contributed by atoms with Crippen LogP contribution in [0.5, 0.6) is 0 Å². The fourth-order valence-electron chi connectivity index (χ4n) is 2.14. The minimum absolute atomic E-state index is 0.0992. The molecular weight excluding hydrogens is 279 g/mol. The predicted octanol–water partition coefficient (Wildman–Crippen LogP) is 4.75. The van der Waals surface area contributed by atoms with E-state index in [0.29, 0.717) is 13.1 Å². The first-order chi connectivity index (χ1) is 9.90. The maximum atomic E-state index is 12.7. The number of nitrogens with zero attached hydrogens (tertiary/aromatic N) is 1. The van der Waals surface area contributed by atoms with Gasteiger partial charge in [-0.05, 0) is 31.5 Å². The molecule has 0 aliphatic heterocycles. The van der Waals surface area contributed by atoms with Crippen molar-refractivity contribution >= 4 is 5.91 Å². The molecule has 0 aromatic heterocycles. The summed E-state index contributed by atoms with van der Waals surface area (Å²) in [6.07, 6.45) is -0.299. The van der Waals surface area contributed by atoms with Gasteiger partial charge in [-0.2, -0.15) is 13.2 Å². The van der Waals surface area contributed by atoms with Gasteiger partial charge in [-0.25, -0.2) is 0 Å². The maximum Gasteiger partial charge on any atom is 0.416 e. The second kappa shape index (κ2) is 8.05. The molecular formula is C16H22F3NO. The molecule has 21 heavy (non-hydrogen) atoms. The van der Waals surface area contributed by atoms with Crippen molar-refractivity contribution in [1.29, 1.82) is 0 Å². The highest BCUT2D eigenvalue weighted by atomic mass is 19.4. The lowest BCUT2D eigenvalue weighted by atomic mass is 10.1. The Morgan fingerprint density at radius 1 is 1.14 bits per heavy atom. The molecule has 0 heterocycles. The zero-order chi connectivity index (χ0) is 15.9. The van der Waals surface area contributed by atoms with Crippen LogP contribution in [0, 0.1) is 0 Å². The van der Waals surface area contributed by atoms with Gasteiger partial charge in [-0.3, -0.25) is 4.79 Å². The molecule has 0 N–H and O–H groups in total. The van der Waals surface area contributed by atoms with E-state index in [1.807, 2.05) is 6.92 Å². The zero-order valence-corrected chi connectivity index (χ0v) is 12.5. The fourth-order valence-corrected chi connectivity index (χ4v) is 2.14. The Kier molecular flexibility index (Phi) is 6.72. The number of amides is 1. The minimum atomic E-state index is -4.42. The van der Waals surface area contributed by atoms with Crippen LogP contribution >= 0.6 is 0 Å². The van der Waals surface area contributed by atoms with E-state index in [4.69, 9.17) is 0 Å². The number of alkyl halides is 3. The SMILES string of the molecule is CCCCCCN(CC)C(=O)c1cccc(C(F)(F)F)c1. The highest BCUT2D eigenvalue weighted by Gasteiger charge is 2.31. The van der Waals surface area contributed by atoms with Crippen molar-refractivity contribution < 1.29 is 18.0 Å². The Hall–Kier alpha value is -1.52. The molecule has 5 heteroatoms. The Morgan fingerprint density at radius 3 is 2.43 bits per heavy atom. The monoisotopic (exact) mass is 301 g/mol. The van der Waals surface area contributed by atoms with Crippen LogP contribution in [0.25, 0.3) is 0 Å².